The van der Waals surface area contributed by atoms with Gasteiger partial charge < -0.3 is 5.32 Å². The first kappa shape index (κ1) is 17.9. The van der Waals surface area contributed by atoms with Crippen molar-refractivity contribution in [2.24, 2.45) is 0 Å². The molecule has 0 unspecified atom stereocenters. The first-order valence-electron chi connectivity index (χ1n) is 9.31. The second-order valence-corrected chi connectivity index (χ2v) is 7.05. The summed E-state index contributed by atoms with van der Waals surface area (Å²) in [5.41, 5.74) is 6.89. The lowest BCUT2D eigenvalue weighted by atomic mass is 10.1. The number of fused-ring (bicyclic) bond motifs is 1. The van der Waals surface area contributed by atoms with E-state index in [9.17, 15) is 4.79 Å². The highest BCUT2D eigenvalue weighted by Gasteiger charge is 2.11. The molecule has 3 aromatic carbocycles. The van der Waals surface area contributed by atoms with Crippen molar-refractivity contribution in [2.45, 2.75) is 26.9 Å². The zero-order valence-corrected chi connectivity index (χ0v) is 16.0. The van der Waals surface area contributed by atoms with Crippen molar-refractivity contribution in [3.63, 3.8) is 0 Å². The number of hydrogen-bond acceptors (Lipinski definition) is 3. The topological polar surface area (TPSA) is 59.8 Å². The largest absolute Gasteiger partial charge is 0.348 e. The summed E-state index contributed by atoms with van der Waals surface area (Å²) in [6.07, 6.45) is 0. The molecule has 0 aliphatic carbocycles. The maximum Gasteiger partial charge on any atom is 0.251 e. The summed E-state index contributed by atoms with van der Waals surface area (Å²) in [6, 6.07) is 21.9. The summed E-state index contributed by atoms with van der Waals surface area (Å²) in [7, 11) is 0. The number of amides is 1. The van der Waals surface area contributed by atoms with Gasteiger partial charge in [-0.1, -0.05) is 59.3 Å². The highest BCUT2D eigenvalue weighted by Crippen LogP contribution is 2.16. The number of aromatic nitrogens is 3. The van der Waals surface area contributed by atoms with E-state index in [1.807, 2.05) is 48.0 Å². The van der Waals surface area contributed by atoms with Gasteiger partial charge in [0, 0.05) is 12.1 Å². The zero-order chi connectivity index (χ0) is 19.5. The molecule has 0 saturated carbocycles. The van der Waals surface area contributed by atoms with E-state index in [0.29, 0.717) is 18.7 Å². The van der Waals surface area contributed by atoms with E-state index < -0.39 is 0 Å². The van der Waals surface area contributed by atoms with Gasteiger partial charge in [0.2, 0.25) is 0 Å². The molecule has 0 spiro atoms. The van der Waals surface area contributed by atoms with Crippen LogP contribution in [0.2, 0.25) is 0 Å². The van der Waals surface area contributed by atoms with Gasteiger partial charge in [-0.25, -0.2) is 4.68 Å². The van der Waals surface area contributed by atoms with Crippen LogP contribution in [0.3, 0.4) is 0 Å². The van der Waals surface area contributed by atoms with E-state index in [2.05, 4.69) is 46.8 Å². The predicted molar refractivity (Wildman–Crippen MR) is 110 cm³/mol. The fourth-order valence-electron chi connectivity index (χ4n) is 3.18. The molecule has 5 nitrogen and oxygen atoms in total. The molecular weight excluding hydrogens is 348 g/mol. The SMILES string of the molecule is Cc1ccc(Cn2nnc3cc(C(=O)NCc4ccccc4C)ccc32)cc1. The lowest BCUT2D eigenvalue weighted by Crippen LogP contribution is -2.23. The van der Waals surface area contributed by atoms with Crippen molar-refractivity contribution in [3.05, 3.63) is 94.5 Å². The molecule has 0 saturated heterocycles. The number of carbonyl (C=O) groups is 1. The van der Waals surface area contributed by atoms with Crippen LogP contribution in [0, 0.1) is 13.8 Å². The van der Waals surface area contributed by atoms with Crippen molar-refractivity contribution >= 4 is 16.9 Å². The van der Waals surface area contributed by atoms with Crippen molar-refractivity contribution in [2.75, 3.05) is 0 Å². The van der Waals surface area contributed by atoms with E-state index in [1.165, 1.54) is 5.56 Å². The van der Waals surface area contributed by atoms with Crippen LogP contribution in [0.1, 0.15) is 32.6 Å². The van der Waals surface area contributed by atoms with Gasteiger partial charge in [-0.2, -0.15) is 0 Å². The first-order chi connectivity index (χ1) is 13.6. The van der Waals surface area contributed by atoms with Gasteiger partial charge in [-0.05, 0) is 48.7 Å². The standard InChI is InChI=1S/C23H22N4O/c1-16-7-9-18(10-8-16)15-27-22-12-11-19(13-21(22)25-26-27)23(28)24-14-20-6-4-3-5-17(20)2/h3-13H,14-15H2,1-2H3,(H,24,28). The molecule has 0 aliphatic rings. The van der Waals surface area contributed by atoms with Gasteiger partial charge in [0.15, 0.2) is 0 Å². The molecule has 1 aromatic heterocycles. The van der Waals surface area contributed by atoms with Crippen LogP contribution < -0.4 is 5.32 Å². The van der Waals surface area contributed by atoms with Crippen molar-refractivity contribution in [1.82, 2.24) is 20.3 Å². The van der Waals surface area contributed by atoms with E-state index >= 15 is 0 Å². The molecule has 1 heterocycles. The van der Waals surface area contributed by atoms with Crippen LogP contribution in [-0.4, -0.2) is 20.9 Å². The van der Waals surface area contributed by atoms with Crippen LogP contribution in [0.4, 0.5) is 0 Å². The molecule has 1 amide bonds. The molecule has 4 rings (SSSR count). The Bertz CT molecular complexity index is 1130. The molecule has 28 heavy (non-hydrogen) atoms. The molecule has 1 N–H and O–H groups in total. The Balaban J connectivity index is 1.49. The molecule has 0 bridgehead atoms. The van der Waals surface area contributed by atoms with Crippen LogP contribution in [0.5, 0.6) is 0 Å². The molecule has 140 valence electrons. The number of nitrogens with one attached hydrogen (secondary N) is 1. The minimum atomic E-state index is -0.113. The lowest BCUT2D eigenvalue weighted by molar-refractivity contribution is 0.0951. The van der Waals surface area contributed by atoms with Crippen molar-refractivity contribution < 1.29 is 4.79 Å². The summed E-state index contributed by atoms with van der Waals surface area (Å²) in [5, 5.41) is 11.5. The fourth-order valence-corrected chi connectivity index (χ4v) is 3.18. The second-order valence-electron chi connectivity index (χ2n) is 7.05. The van der Waals surface area contributed by atoms with E-state index in [0.717, 1.165) is 27.7 Å². The van der Waals surface area contributed by atoms with Gasteiger partial charge in [0.25, 0.3) is 5.91 Å². The zero-order valence-electron chi connectivity index (χ0n) is 16.0. The summed E-state index contributed by atoms with van der Waals surface area (Å²) < 4.78 is 1.86. The monoisotopic (exact) mass is 370 g/mol. The number of hydrogen-bond donors (Lipinski definition) is 1. The van der Waals surface area contributed by atoms with Crippen LogP contribution >= 0.6 is 0 Å². The average Bonchev–Trinajstić information content (AvgIpc) is 3.11. The summed E-state index contributed by atoms with van der Waals surface area (Å²) >= 11 is 0. The van der Waals surface area contributed by atoms with Gasteiger partial charge in [-0.3, -0.25) is 4.79 Å². The number of carbonyl (C=O) groups excluding carboxylic acids is 1. The minimum Gasteiger partial charge on any atom is -0.348 e. The quantitative estimate of drug-likeness (QED) is 0.577. The lowest BCUT2D eigenvalue weighted by Gasteiger charge is -2.08. The van der Waals surface area contributed by atoms with Gasteiger partial charge in [-0.15, -0.1) is 5.10 Å². The van der Waals surface area contributed by atoms with Crippen LogP contribution in [-0.2, 0) is 13.1 Å². The Morgan fingerprint density at radius 1 is 1.00 bits per heavy atom. The van der Waals surface area contributed by atoms with E-state index in [-0.39, 0.29) is 5.91 Å². The highest BCUT2D eigenvalue weighted by atomic mass is 16.1. The third kappa shape index (κ3) is 3.78. The van der Waals surface area contributed by atoms with Gasteiger partial charge >= 0.3 is 0 Å². The molecule has 0 atom stereocenters. The van der Waals surface area contributed by atoms with Gasteiger partial charge in [0.1, 0.15) is 5.52 Å². The number of benzene rings is 3. The third-order valence-corrected chi connectivity index (χ3v) is 4.93. The van der Waals surface area contributed by atoms with Crippen molar-refractivity contribution in [1.29, 1.82) is 0 Å². The molecule has 0 radical (unpaired) electrons. The van der Waals surface area contributed by atoms with E-state index in [1.54, 1.807) is 6.07 Å². The Hall–Kier alpha value is -3.47. The second kappa shape index (κ2) is 7.64. The number of aryl methyl sites for hydroxylation is 2. The molecule has 0 fully saturated rings. The Morgan fingerprint density at radius 2 is 1.79 bits per heavy atom. The first-order valence-corrected chi connectivity index (χ1v) is 9.31. The van der Waals surface area contributed by atoms with Gasteiger partial charge in [0.05, 0.1) is 12.1 Å². The Labute approximate surface area is 164 Å². The molecular formula is C23H22N4O. The molecule has 0 aliphatic heterocycles. The summed E-state index contributed by atoms with van der Waals surface area (Å²) in [6.45, 7) is 5.26. The smallest absolute Gasteiger partial charge is 0.251 e. The van der Waals surface area contributed by atoms with Crippen LogP contribution in [0.15, 0.2) is 66.7 Å². The molecule has 4 aromatic rings. The van der Waals surface area contributed by atoms with Crippen molar-refractivity contribution in [3.8, 4) is 0 Å². The third-order valence-electron chi connectivity index (χ3n) is 4.93. The number of rotatable bonds is 5. The fraction of sp³-hybridized carbons (Fsp3) is 0.174. The Kier molecular flexibility index (Phi) is 4.89. The number of nitrogens with zero attached hydrogens (tertiary/aromatic N) is 3. The van der Waals surface area contributed by atoms with E-state index in [4.69, 9.17) is 0 Å². The minimum absolute atomic E-state index is 0.113. The summed E-state index contributed by atoms with van der Waals surface area (Å²) in [5.74, 6) is -0.113. The normalized spacial score (nSPS) is 10.9. The van der Waals surface area contributed by atoms with Crippen LogP contribution in [0.25, 0.3) is 11.0 Å². The predicted octanol–water partition coefficient (Wildman–Crippen LogP) is 4.03. The maximum absolute atomic E-state index is 12.5. The highest BCUT2D eigenvalue weighted by molar-refractivity contribution is 5.97. The summed E-state index contributed by atoms with van der Waals surface area (Å²) in [4.78, 5) is 12.5. The Morgan fingerprint density at radius 3 is 2.57 bits per heavy atom. The maximum atomic E-state index is 12.5. The average molecular weight is 370 g/mol. The molecule has 5 heteroatoms.